The van der Waals surface area contributed by atoms with Gasteiger partial charge in [0, 0.05) is 50.2 Å². The highest BCUT2D eigenvalue weighted by Gasteiger charge is 2.20. The van der Waals surface area contributed by atoms with Gasteiger partial charge in [0.25, 0.3) is 5.56 Å². The third kappa shape index (κ3) is 3.94. The van der Waals surface area contributed by atoms with E-state index in [-0.39, 0.29) is 5.56 Å². The normalized spacial score (nSPS) is 14.4. The number of nitrogens with zero attached hydrogens (tertiary/aromatic N) is 7. The maximum Gasteiger partial charge on any atom is 0.267 e. The van der Waals surface area contributed by atoms with E-state index in [2.05, 4.69) is 29.9 Å². The minimum absolute atomic E-state index is 0.125. The summed E-state index contributed by atoms with van der Waals surface area (Å²) in [5.74, 6) is 1.76. The van der Waals surface area contributed by atoms with Gasteiger partial charge in [0.15, 0.2) is 0 Å². The van der Waals surface area contributed by atoms with Crippen molar-refractivity contribution in [2.75, 3.05) is 36.0 Å². The van der Waals surface area contributed by atoms with Crippen LogP contribution in [0.15, 0.2) is 53.7 Å². The fraction of sp³-hybridized carbons (Fsp3) is 0.316. The Morgan fingerprint density at radius 2 is 1.70 bits per heavy atom. The van der Waals surface area contributed by atoms with Crippen LogP contribution >= 0.6 is 0 Å². The number of aromatic nitrogens is 5. The van der Waals surface area contributed by atoms with Gasteiger partial charge in [-0.25, -0.2) is 14.6 Å². The quantitative estimate of drug-likeness (QED) is 0.687. The largest absolute Gasteiger partial charge is 0.353 e. The second-order valence-electron chi connectivity index (χ2n) is 6.50. The summed E-state index contributed by atoms with van der Waals surface area (Å²) in [6.07, 6.45) is 3.32. The van der Waals surface area contributed by atoms with Gasteiger partial charge in [-0.1, -0.05) is 6.07 Å². The molecule has 3 aromatic heterocycles. The van der Waals surface area contributed by atoms with Crippen molar-refractivity contribution in [3.8, 4) is 0 Å². The summed E-state index contributed by atoms with van der Waals surface area (Å²) < 4.78 is 1.47. The lowest BCUT2D eigenvalue weighted by Crippen LogP contribution is -2.47. The van der Waals surface area contributed by atoms with Crippen LogP contribution in [0.4, 0.5) is 11.6 Å². The molecule has 138 valence electrons. The smallest absolute Gasteiger partial charge is 0.267 e. The fourth-order valence-electron chi connectivity index (χ4n) is 3.14. The van der Waals surface area contributed by atoms with Crippen LogP contribution < -0.4 is 15.4 Å². The van der Waals surface area contributed by atoms with Crippen molar-refractivity contribution in [1.82, 2.24) is 24.7 Å². The standard InChI is InChI=1S/C19H21N7O/c1-15-12-18(22-14-21-15)25-10-8-24(9-11-25)17-5-6-19(27)26(23-17)13-16-4-2-3-7-20-16/h2-7,12,14H,8-11,13H2,1H3. The Kier molecular flexibility index (Phi) is 4.78. The lowest BCUT2D eigenvalue weighted by Gasteiger charge is -2.36. The van der Waals surface area contributed by atoms with Crippen LogP contribution in [0.2, 0.25) is 0 Å². The third-order valence-electron chi connectivity index (χ3n) is 4.61. The molecule has 8 nitrogen and oxygen atoms in total. The monoisotopic (exact) mass is 363 g/mol. The first-order valence-electron chi connectivity index (χ1n) is 8.96. The van der Waals surface area contributed by atoms with Gasteiger partial charge in [-0.2, -0.15) is 5.10 Å². The van der Waals surface area contributed by atoms with Gasteiger partial charge in [0.1, 0.15) is 18.0 Å². The summed E-state index contributed by atoms with van der Waals surface area (Å²) in [6, 6.07) is 11.0. The van der Waals surface area contributed by atoms with E-state index < -0.39 is 0 Å². The molecule has 0 spiro atoms. The Bertz CT molecular complexity index is 965. The van der Waals surface area contributed by atoms with Crippen molar-refractivity contribution >= 4 is 11.6 Å². The molecule has 0 bridgehead atoms. The maximum absolute atomic E-state index is 12.2. The fourth-order valence-corrected chi connectivity index (χ4v) is 3.14. The Hall–Kier alpha value is -3.29. The van der Waals surface area contributed by atoms with Crippen LogP contribution in [0.25, 0.3) is 0 Å². The number of pyridine rings is 1. The maximum atomic E-state index is 12.2. The summed E-state index contributed by atoms with van der Waals surface area (Å²) in [4.78, 5) is 29.4. The van der Waals surface area contributed by atoms with E-state index in [1.54, 1.807) is 24.7 Å². The van der Waals surface area contributed by atoms with Crippen LogP contribution in [0.3, 0.4) is 0 Å². The second kappa shape index (κ2) is 7.53. The van der Waals surface area contributed by atoms with E-state index in [0.29, 0.717) is 6.54 Å². The molecular weight excluding hydrogens is 342 g/mol. The molecule has 0 saturated carbocycles. The lowest BCUT2D eigenvalue weighted by molar-refractivity contribution is 0.594. The van der Waals surface area contributed by atoms with E-state index in [4.69, 9.17) is 0 Å². The molecule has 0 amide bonds. The number of anilines is 2. The zero-order valence-corrected chi connectivity index (χ0v) is 15.2. The molecule has 0 aliphatic carbocycles. The first-order chi connectivity index (χ1) is 13.2. The summed E-state index contributed by atoms with van der Waals surface area (Å²) >= 11 is 0. The summed E-state index contributed by atoms with van der Waals surface area (Å²) in [6.45, 7) is 5.66. The van der Waals surface area contributed by atoms with E-state index >= 15 is 0 Å². The molecule has 0 radical (unpaired) electrons. The Labute approximate surface area is 157 Å². The highest BCUT2D eigenvalue weighted by Crippen LogP contribution is 2.17. The van der Waals surface area contributed by atoms with E-state index in [1.165, 1.54) is 4.68 Å². The van der Waals surface area contributed by atoms with Gasteiger partial charge < -0.3 is 9.80 Å². The van der Waals surface area contributed by atoms with Gasteiger partial charge in [-0.15, -0.1) is 0 Å². The topological polar surface area (TPSA) is 80.0 Å². The summed E-state index contributed by atoms with van der Waals surface area (Å²) in [5.41, 5.74) is 1.65. The van der Waals surface area contributed by atoms with Crippen molar-refractivity contribution in [3.05, 3.63) is 70.7 Å². The molecule has 1 aliphatic heterocycles. The average Bonchev–Trinajstić information content (AvgIpc) is 2.71. The zero-order valence-electron chi connectivity index (χ0n) is 15.2. The second-order valence-corrected chi connectivity index (χ2v) is 6.50. The molecule has 1 saturated heterocycles. The number of rotatable bonds is 4. The number of piperazine rings is 1. The minimum atomic E-state index is -0.125. The SMILES string of the molecule is Cc1cc(N2CCN(c3ccc(=O)n(Cc4ccccn4)n3)CC2)ncn1. The van der Waals surface area contributed by atoms with Crippen molar-refractivity contribution in [2.24, 2.45) is 0 Å². The molecular formula is C19H21N7O. The first-order valence-corrected chi connectivity index (χ1v) is 8.96. The molecule has 8 heteroatoms. The third-order valence-corrected chi connectivity index (χ3v) is 4.61. The van der Waals surface area contributed by atoms with Crippen LogP contribution in [-0.4, -0.2) is 50.9 Å². The highest BCUT2D eigenvalue weighted by atomic mass is 16.1. The van der Waals surface area contributed by atoms with Gasteiger partial charge >= 0.3 is 0 Å². The molecule has 3 aromatic rings. The first kappa shape index (κ1) is 17.1. The van der Waals surface area contributed by atoms with Crippen molar-refractivity contribution < 1.29 is 0 Å². The van der Waals surface area contributed by atoms with Crippen molar-refractivity contribution in [2.45, 2.75) is 13.5 Å². The molecule has 0 unspecified atom stereocenters. The summed E-state index contributed by atoms with van der Waals surface area (Å²) in [7, 11) is 0. The molecule has 1 fully saturated rings. The molecule has 1 aliphatic rings. The highest BCUT2D eigenvalue weighted by molar-refractivity contribution is 5.44. The van der Waals surface area contributed by atoms with E-state index in [0.717, 1.165) is 49.2 Å². The van der Waals surface area contributed by atoms with E-state index in [9.17, 15) is 4.79 Å². The van der Waals surface area contributed by atoms with Crippen LogP contribution in [0.1, 0.15) is 11.4 Å². The molecule has 0 N–H and O–H groups in total. The molecule has 4 rings (SSSR count). The van der Waals surface area contributed by atoms with Gasteiger partial charge in [0.05, 0.1) is 12.2 Å². The van der Waals surface area contributed by atoms with Gasteiger partial charge in [-0.3, -0.25) is 9.78 Å². The van der Waals surface area contributed by atoms with Gasteiger partial charge in [-0.05, 0) is 25.1 Å². The number of aryl methyl sites for hydroxylation is 1. The zero-order chi connectivity index (χ0) is 18.6. The van der Waals surface area contributed by atoms with Crippen LogP contribution in [0.5, 0.6) is 0 Å². The minimum Gasteiger partial charge on any atom is -0.353 e. The van der Waals surface area contributed by atoms with Crippen molar-refractivity contribution in [3.63, 3.8) is 0 Å². The lowest BCUT2D eigenvalue weighted by atomic mass is 10.3. The van der Waals surface area contributed by atoms with Crippen molar-refractivity contribution in [1.29, 1.82) is 0 Å². The Morgan fingerprint density at radius 3 is 2.41 bits per heavy atom. The molecule has 0 aromatic carbocycles. The predicted octanol–water partition coefficient (Wildman–Crippen LogP) is 1.11. The average molecular weight is 363 g/mol. The summed E-state index contributed by atoms with van der Waals surface area (Å²) in [5, 5.41) is 4.55. The van der Waals surface area contributed by atoms with Crippen LogP contribution in [-0.2, 0) is 6.54 Å². The molecule has 4 heterocycles. The van der Waals surface area contributed by atoms with Gasteiger partial charge in [0.2, 0.25) is 0 Å². The molecule has 27 heavy (non-hydrogen) atoms. The van der Waals surface area contributed by atoms with E-state index in [1.807, 2.05) is 31.2 Å². The Morgan fingerprint density at radius 1 is 0.926 bits per heavy atom. The number of hydrogen-bond acceptors (Lipinski definition) is 7. The number of hydrogen-bond donors (Lipinski definition) is 0. The molecule has 0 atom stereocenters. The van der Waals surface area contributed by atoms with Crippen LogP contribution in [0, 0.1) is 6.92 Å². The Balaban J connectivity index is 1.47. The predicted molar refractivity (Wildman–Crippen MR) is 103 cm³/mol.